The minimum Gasteiger partial charge on any atom is -0.461 e. The highest BCUT2D eigenvalue weighted by Crippen LogP contribution is 2.41. The van der Waals surface area contributed by atoms with Gasteiger partial charge in [-0.1, -0.05) is 79.9 Å². The van der Waals surface area contributed by atoms with Crippen LogP contribution in [0.2, 0.25) is 0 Å². The average molecular weight is 723 g/mol. The van der Waals surface area contributed by atoms with Gasteiger partial charge in [0.1, 0.15) is 12.4 Å². The summed E-state index contributed by atoms with van der Waals surface area (Å²) in [5.41, 5.74) is 8.68. The lowest BCUT2D eigenvalue weighted by Gasteiger charge is -2.24. The Morgan fingerprint density at radius 3 is 2.38 bits per heavy atom. The zero-order valence-electron chi connectivity index (χ0n) is 29.6. The largest absolute Gasteiger partial charge is 0.461 e. The number of aliphatic hydroxyl groups excluding tert-OH is 3. The smallest absolute Gasteiger partial charge is 0.306 e. The summed E-state index contributed by atoms with van der Waals surface area (Å²) in [6.45, 7) is 0.389. The Kier molecular flexibility index (Phi) is 13.2. The van der Waals surface area contributed by atoms with Gasteiger partial charge in [-0.05, 0) is 89.6 Å². The zero-order chi connectivity index (χ0) is 36.5. The van der Waals surface area contributed by atoms with E-state index in [9.17, 15) is 24.9 Å². The highest BCUT2D eigenvalue weighted by molar-refractivity contribution is 7.19. The summed E-state index contributed by atoms with van der Waals surface area (Å²) in [4.78, 5) is 30.7. The number of unbranched alkanes of at least 4 members (excludes halogenated alkanes) is 3. The number of pyridine rings is 1. The fourth-order valence-electron chi connectivity index (χ4n) is 7.75. The molecule has 6 atom stereocenters. The van der Waals surface area contributed by atoms with E-state index in [-0.39, 0.29) is 36.7 Å². The molecule has 5 aromatic rings. The molecule has 1 fully saturated rings. The number of rotatable bonds is 18. The van der Waals surface area contributed by atoms with Gasteiger partial charge in [-0.15, -0.1) is 11.3 Å². The van der Waals surface area contributed by atoms with Gasteiger partial charge in [0.2, 0.25) is 0 Å². The summed E-state index contributed by atoms with van der Waals surface area (Å²) in [5, 5.41) is 35.5. The Labute approximate surface area is 309 Å². The summed E-state index contributed by atoms with van der Waals surface area (Å²) in [5.74, 6) is -0.606. The van der Waals surface area contributed by atoms with E-state index in [1.54, 1.807) is 23.7 Å². The van der Waals surface area contributed by atoms with Gasteiger partial charge in [-0.2, -0.15) is 0 Å². The van der Waals surface area contributed by atoms with E-state index in [1.807, 2.05) is 66.7 Å². The lowest BCUT2D eigenvalue weighted by molar-refractivity contribution is -0.145. The molecule has 2 aromatic heterocycles. The molecule has 1 aliphatic rings. The minimum absolute atomic E-state index is 0.0155. The standard InChI is InChI=1S/C43H50N2O6S/c44-25-36(38(47)22-29-13-16-33-26-45-20-19-31(33)21-29)30-14-11-28(12-15-30)27-51-43(50)10-4-2-1-3-8-34-35(40(49)24-39(34)48)17-18-37(46)42-23-32-7-5-6-9-41(32)52-42/h5-7,9,11-16,19-21,23,26,34-37,39-40,46,48-49H,1-4,8,10,17-18,22,24-25,27,44H2/t34?,35-,36?,37-,39+,40-/m1/s1. The van der Waals surface area contributed by atoms with E-state index in [0.29, 0.717) is 32.1 Å². The quantitative estimate of drug-likeness (QED) is 0.0536. The van der Waals surface area contributed by atoms with Gasteiger partial charge < -0.3 is 25.8 Å². The fourth-order valence-corrected chi connectivity index (χ4v) is 8.83. The fraction of sp³-hybridized carbons (Fsp3) is 0.419. The van der Waals surface area contributed by atoms with Crippen LogP contribution >= 0.6 is 11.3 Å². The second kappa shape index (κ2) is 18.2. The van der Waals surface area contributed by atoms with Crippen LogP contribution in [0.3, 0.4) is 0 Å². The summed E-state index contributed by atoms with van der Waals surface area (Å²) in [6.07, 6.45) is 8.43. The van der Waals surface area contributed by atoms with Crippen LogP contribution in [-0.2, 0) is 27.4 Å². The van der Waals surface area contributed by atoms with Crippen molar-refractivity contribution in [2.45, 2.75) is 95.0 Å². The van der Waals surface area contributed by atoms with Crippen molar-refractivity contribution in [1.29, 1.82) is 0 Å². The van der Waals surface area contributed by atoms with E-state index in [4.69, 9.17) is 10.5 Å². The number of nitrogens with zero attached hydrogens (tertiary/aromatic N) is 1. The maximum Gasteiger partial charge on any atom is 0.306 e. The first-order valence-electron chi connectivity index (χ1n) is 18.6. The third kappa shape index (κ3) is 9.70. The van der Waals surface area contributed by atoms with Crippen molar-refractivity contribution in [2.24, 2.45) is 17.6 Å². The van der Waals surface area contributed by atoms with Crippen molar-refractivity contribution in [3.05, 3.63) is 113 Å². The van der Waals surface area contributed by atoms with Crippen molar-refractivity contribution in [1.82, 2.24) is 4.98 Å². The van der Waals surface area contributed by atoms with Crippen LogP contribution < -0.4 is 5.73 Å². The molecule has 2 heterocycles. The molecule has 0 saturated heterocycles. The topological polar surface area (TPSA) is 143 Å². The molecule has 1 aliphatic carbocycles. The van der Waals surface area contributed by atoms with Gasteiger partial charge >= 0.3 is 5.97 Å². The first-order chi connectivity index (χ1) is 25.3. The summed E-state index contributed by atoms with van der Waals surface area (Å²) in [6, 6.07) is 25.6. The number of Topliss-reactive ketones (excluding diaryl/α,β-unsaturated/α-hetero) is 1. The number of hydrogen-bond donors (Lipinski definition) is 4. The molecule has 6 rings (SSSR count). The lowest BCUT2D eigenvalue weighted by Crippen LogP contribution is -2.23. The Morgan fingerprint density at radius 1 is 0.846 bits per heavy atom. The highest BCUT2D eigenvalue weighted by Gasteiger charge is 2.41. The van der Waals surface area contributed by atoms with Crippen molar-refractivity contribution in [2.75, 3.05) is 6.54 Å². The minimum atomic E-state index is -0.577. The Hall–Kier alpha value is -3.99. The predicted octanol–water partition coefficient (Wildman–Crippen LogP) is 7.56. The molecule has 3 aromatic carbocycles. The van der Waals surface area contributed by atoms with Crippen LogP contribution in [0.15, 0.2) is 91.3 Å². The molecule has 8 nitrogen and oxygen atoms in total. The third-order valence-corrected chi connectivity index (χ3v) is 11.9. The molecule has 0 aliphatic heterocycles. The van der Waals surface area contributed by atoms with E-state index in [1.165, 1.54) is 0 Å². The number of thiophene rings is 1. The molecule has 0 amide bonds. The molecule has 2 unspecified atom stereocenters. The van der Waals surface area contributed by atoms with Gasteiger partial charge in [0.15, 0.2) is 0 Å². The SMILES string of the molecule is NCC(C(=O)Cc1ccc2cnccc2c1)c1ccc(COC(=O)CCCCCCC2[C@@H](CC[C@@H](O)c3cc4ccccc4s3)[C@H](O)C[C@@H]2O)cc1. The molecule has 9 heteroatoms. The van der Waals surface area contributed by atoms with Gasteiger partial charge in [0.05, 0.1) is 24.2 Å². The van der Waals surface area contributed by atoms with Crippen molar-refractivity contribution >= 4 is 43.9 Å². The van der Waals surface area contributed by atoms with Crippen LogP contribution in [0.1, 0.15) is 91.4 Å². The van der Waals surface area contributed by atoms with Crippen LogP contribution in [-0.4, -0.2) is 50.8 Å². The Morgan fingerprint density at radius 2 is 1.60 bits per heavy atom. The third-order valence-electron chi connectivity index (χ3n) is 10.7. The molecule has 5 N–H and O–H groups in total. The molecule has 0 spiro atoms. The lowest BCUT2D eigenvalue weighted by atomic mass is 9.84. The van der Waals surface area contributed by atoms with E-state index >= 15 is 0 Å². The highest BCUT2D eigenvalue weighted by atomic mass is 32.1. The second-order valence-electron chi connectivity index (χ2n) is 14.3. The number of fused-ring (bicyclic) bond motifs is 2. The van der Waals surface area contributed by atoms with E-state index < -0.39 is 24.2 Å². The number of nitrogens with two attached hydrogens (primary N) is 1. The number of hydrogen-bond acceptors (Lipinski definition) is 9. The summed E-state index contributed by atoms with van der Waals surface area (Å²) < 4.78 is 6.68. The molecule has 52 heavy (non-hydrogen) atoms. The van der Waals surface area contributed by atoms with Gasteiger partial charge in [-0.3, -0.25) is 14.6 Å². The average Bonchev–Trinajstić information content (AvgIpc) is 3.71. The predicted molar refractivity (Wildman–Crippen MR) is 206 cm³/mol. The number of aliphatic hydroxyl groups is 3. The number of aromatic nitrogens is 1. The molecule has 0 radical (unpaired) electrons. The number of ether oxygens (including phenoxy) is 1. The van der Waals surface area contributed by atoms with E-state index in [0.717, 1.165) is 74.5 Å². The van der Waals surface area contributed by atoms with Gasteiger partial charge in [0, 0.05) is 46.7 Å². The number of esters is 1. The zero-order valence-corrected chi connectivity index (χ0v) is 30.4. The monoisotopic (exact) mass is 722 g/mol. The first-order valence-corrected chi connectivity index (χ1v) is 19.4. The van der Waals surface area contributed by atoms with Crippen LogP contribution in [0.25, 0.3) is 20.9 Å². The first kappa shape index (κ1) is 37.8. The summed E-state index contributed by atoms with van der Waals surface area (Å²) >= 11 is 1.61. The second-order valence-corrected chi connectivity index (χ2v) is 15.4. The van der Waals surface area contributed by atoms with Gasteiger partial charge in [-0.25, -0.2) is 0 Å². The maximum absolute atomic E-state index is 13.2. The van der Waals surface area contributed by atoms with Crippen LogP contribution in [0.4, 0.5) is 0 Å². The number of benzene rings is 3. The summed E-state index contributed by atoms with van der Waals surface area (Å²) in [7, 11) is 0. The van der Waals surface area contributed by atoms with Crippen molar-refractivity contribution in [3.63, 3.8) is 0 Å². The number of carbonyl (C=O) groups excluding carboxylic acids is 2. The van der Waals surface area contributed by atoms with Crippen LogP contribution in [0, 0.1) is 11.8 Å². The Balaban J connectivity index is 0.872. The normalized spacial score (nSPS) is 19.9. The van der Waals surface area contributed by atoms with Crippen LogP contribution in [0.5, 0.6) is 0 Å². The molecule has 1 saturated carbocycles. The molecular weight excluding hydrogens is 673 g/mol. The molecule has 274 valence electrons. The van der Waals surface area contributed by atoms with Gasteiger partial charge in [0.25, 0.3) is 0 Å². The molecule has 0 bridgehead atoms. The number of ketones is 1. The Bertz CT molecular complexity index is 1890. The van der Waals surface area contributed by atoms with Crippen molar-refractivity contribution < 1.29 is 29.6 Å². The molecular formula is C43H50N2O6S. The van der Waals surface area contributed by atoms with E-state index in [2.05, 4.69) is 17.1 Å². The number of carbonyl (C=O) groups is 2. The van der Waals surface area contributed by atoms with Crippen molar-refractivity contribution in [3.8, 4) is 0 Å². The maximum atomic E-state index is 13.2.